The molecule has 5 heterocycles. The molecule has 11 heteroatoms. The molecule has 2 aromatic rings. The Morgan fingerprint density at radius 1 is 1.23 bits per heavy atom. The highest BCUT2D eigenvalue weighted by molar-refractivity contribution is 5.94. The van der Waals surface area contributed by atoms with Gasteiger partial charge in [-0.2, -0.15) is 18.3 Å². The Kier molecular flexibility index (Phi) is 5.22. The summed E-state index contributed by atoms with van der Waals surface area (Å²) in [6.45, 7) is 3.38. The number of hydrogen-bond acceptors (Lipinski definition) is 7. The zero-order valence-corrected chi connectivity index (χ0v) is 17.2. The molecule has 0 amide bonds. The molecule has 3 unspecified atom stereocenters. The highest BCUT2D eigenvalue weighted by atomic mass is 19.4. The summed E-state index contributed by atoms with van der Waals surface area (Å²) in [5.41, 5.74) is 0.852. The van der Waals surface area contributed by atoms with Gasteiger partial charge in [0.05, 0.1) is 73.8 Å². The Bertz CT molecular complexity index is 936. The van der Waals surface area contributed by atoms with Crippen molar-refractivity contribution in [2.75, 3.05) is 49.4 Å². The number of H-pyrrole nitrogens is 1. The predicted molar refractivity (Wildman–Crippen MR) is 108 cm³/mol. The van der Waals surface area contributed by atoms with Crippen LogP contribution >= 0.6 is 0 Å². The van der Waals surface area contributed by atoms with Crippen molar-refractivity contribution < 1.29 is 27.8 Å². The van der Waals surface area contributed by atoms with Gasteiger partial charge in [-0.05, 0) is 19.8 Å². The number of morpholine rings is 2. The van der Waals surface area contributed by atoms with E-state index >= 15 is 0 Å². The summed E-state index contributed by atoms with van der Waals surface area (Å²) in [5, 5.41) is 17.0. The van der Waals surface area contributed by atoms with Gasteiger partial charge >= 0.3 is 6.18 Å². The predicted octanol–water partition coefficient (Wildman–Crippen LogP) is 2.19. The molecular formula is C20H26F3N5O3. The molecule has 2 aromatic heterocycles. The number of nitrogens with zero attached hydrogens (tertiary/aromatic N) is 4. The number of aliphatic hydroxyl groups excluding tert-OH is 1. The Morgan fingerprint density at radius 3 is 2.65 bits per heavy atom. The summed E-state index contributed by atoms with van der Waals surface area (Å²) in [4.78, 5) is 8.83. The fourth-order valence-corrected chi connectivity index (χ4v) is 4.98. The van der Waals surface area contributed by atoms with Crippen molar-refractivity contribution in [3.05, 3.63) is 11.8 Å². The lowest BCUT2D eigenvalue weighted by atomic mass is 10.0. The van der Waals surface area contributed by atoms with Crippen LogP contribution in [0.5, 0.6) is 0 Å². The van der Waals surface area contributed by atoms with Crippen LogP contribution in [-0.2, 0) is 9.47 Å². The summed E-state index contributed by atoms with van der Waals surface area (Å²) >= 11 is 0. The second-order valence-corrected chi connectivity index (χ2v) is 8.53. The Labute approximate surface area is 177 Å². The van der Waals surface area contributed by atoms with Gasteiger partial charge in [-0.25, -0.2) is 4.98 Å². The summed E-state index contributed by atoms with van der Waals surface area (Å²) in [6.07, 6.45) is -2.43. The molecule has 0 aromatic carbocycles. The van der Waals surface area contributed by atoms with E-state index in [1.165, 1.54) is 0 Å². The van der Waals surface area contributed by atoms with E-state index in [0.717, 1.165) is 19.8 Å². The number of hydrogen-bond donors (Lipinski definition) is 2. The maximum absolute atomic E-state index is 13.6. The van der Waals surface area contributed by atoms with E-state index in [1.54, 1.807) is 0 Å². The maximum atomic E-state index is 13.6. The van der Waals surface area contributed by atoms with Gasteiger partial charge in [-0.15, -0.1) is 0 Å². The van der Waals surface area contributed by atoms with Gasteiger partial charge in [0, 0.05) is 12.6 Å². The van der Waals surface area contributed by atoms with Gasteiger partial charge in [0.1, 0.15) is 5.82 Å². The average Bonchev–Trinajstić information content (AvgIpc) is 3.29. The number of rotatable bonds is 4. The molecule has 2 bridgehead atoms. The molecule has 2 N–H and O–H groups in total. The number of aromatic nitrogens is 3. The zero-order chi connectivity index (χ0) is 21.8. The standard InChI is InChI=1S/C20H26F3N5O3/c1-11(20(21,22)23)18-17-15(27-4-5-30-10-14(27)7-29)6-16(24-19(17)26-25-18)28-12-2-3-13(28)9-31-8-12/h6,11-14,29H,2-5,7-10H2,1H3,(H,24,25,26)/t11?,12?,13?,14-/m1/s1. The van der Waals surface area contributed by atoms with Crippen molar-refractivity contribution in [3.63, 3.8) is 0 Å². The molecular weight excluding hydrogens is 415 g/mol. The molecule has 3 aliphatic rings. The van der Waals surface area contributed by atoms with Crippen LogP contribution < -0.4 is 9.80 Å². The number of ether oxygens (including phenoxy) is 2. The molecule has 3 aliphatic heterocycles. The number of aromatic amines is 1. The molecule has 31 heavy (non-hydrogen) atoms. The fraction of sp³-hybridized carbons (Fsp3) is 0.700. The first-order chi connectivity index (χ1) is 14.9. The number of pyridine rings is 1. The SMILES string of the molecule is CC(c1[nH]nc2nc(N3C4CCC3COC4)cc(N3CCOC[C@H]3CO)c12)C(F)(F)F. The van der Waals surface area contributed by atoms with Crippen molar-refractivity contribution in [3.8, 4) is 0 Å². The van der Waals surface area contributed by atoms with Crippen LogP contribution in [0.4, 0.5) is 24.7 Å². The quantitative estimate of drug-likeness (QED) is 0.752. The van der Waals surface area contributed by atoms with Crippen molar-refractivity contribution in [2.45, 2.75) is 50.0 Å². The van der Waals surface area contributed by atoms with Crippen LogP contribution in [0.1, 0.15) is 31.4 Å². The van der Waals surface area contributed by atoms with Crippen molar-refractivity contribution in [1.29, 1.82) is 0 Å². The lowest BCUT2D eigenvalue weighted by molar-refractivity contribution is -0.146. The van der Waals surface area contributed by atoms with E-state index in [-0.39, 0.29) is 36.1 Å². The van der Waals surface area contributed by atoms with Crippen LogP contribution in [0.3, 0.4) is 0 Å². The number of aliphatic hydroxyl groups is 1. The van der Waals surface area contributed by atoms with Crippen LogP contribution in [-0.4, -0.2) is 84.2 Å². The largest absolute Gasteiger partial charge is 0.396 e. The highest BCUT2D eigenvalue weighted by Crippen LogP contribution is 2.42. The third-order valence-electron chi connectivity index (χ3n) is 6.69. The van der Waals surface area contributed by atoms with Crippen LogP contribution in [0, 0.1) is 0 Å². The van der Waals surface area contributed by atoms with E-state index in [2.05, 4.69) is 20.1 Å². The first kappa shape index (κ1) is 20.8. The minimum atomic E-state index is -4.42. The fourth-order valence-electron chi connectivity index (χ4n) is 4.98. The first-order valence-corrected chi connectivity index (χ1v) is 10.7. The molecule has 0 aliphatic carbocycles. The molecule has 5 rings (SSSR count). The molecule has 3 saturated heterocycles. The first-order valence-electron chi connectivity index (χ1n) is 10.7. The van der Waals surface area contributed by atoms with Crippen molar-refractivity contribution in [1.82, 2.24) is 15.2 Å². The molecule has 0 spiro atoms. The molecule has 0 radical (unpaired) electrons. The monoisotopic (exact) mass is 441 g/mol. The number of alkyl halides is 3. The minimum Gasteiger partial charge on any atom is -0.394 e. The molecule has 170 valence electrons. The van der Waals surface area contributed by atoms with Crippen molar-refractivity contribution in [2.24, 2.45) is 0 Å². The Hall–Kier alpha value is -2.11. The van der Waals surface area contributed by atoms with Crippen molar-refractivity contribution >= 4 is 22.5 Å². The molecule has 4 atom stereocenters. The zero-order valence-electron chi connectivity index (χ0n) is 17.2. The molecule has 3 fully saturated rings. The summed E-state index contributed by atoms with van der Waals surface area (Å²) < 4.78 is 51.9. The van der Waals surface area contributed by atoms with Crippen LogP contribution in [0.15, 0.2) is 6.07 Å². The van der Waals surface area contributed by atoms with E-state index in [4.69, 9.17) is 9.47 Å². The Morgan fingerprint density at radius 2 is 1.97 bits per heavy atom. The summed E-state index contributed by atoms with van der Waals surface area (Å²) in [5.74, 6) is -1.03. The third-order valence-corrected chi connectivity index (χ3v) is 6.69. The van der Waals surface area contributed by atoms with E-state index in [1.807, 2.05) is 11.0 Å². The van der Waals surface area contributed by atoms with Crippen LogP contribution in [0.2, 0.25) is 0 Å². The van der Waals surface area contributed by atoms with Gasteiger partial charge in [0.2, 0.25) is 0 Å². The van der Waals surface area contributed by atoms with Gasteiger partial charge < -0.3 is 24.4 Å². The number of fused-ring (bicyclic) bond motifs is 3. The van der Waals surface area contributed by atoms with E-state index in [9.17, 15) is 18.3 Å². The summed E-state index contributed by atoms with van der Waals surface area (Å²) in [6, 6.07) is 1.90. The topological polar surface area (TPSA) is 86.7 Å². The third kappa shape index (κ3) is 3.52. The lowest BCUT2D eigenvalue weighted by Gasteiger charge is -2.39. The Balaban J connectivity index is 1.67. The average molecular weight is 441 g/mol. The number of anilines is 2. The van der Waals surface area contributed by atoms with Gasteiger partial charge in [-0.1, -0.05) is 0 Å². The van der Waals surface area contributed by atoms with Gasteiger partial charge in [-0.3, -0.25) is 5.10 Å². The van der Waals surface area contributed by atoms with E-state index in [0.29, 0.717) is 49.9 Å². The molecule has 8 nitrogen and oxygen atoms in total. The lowest BCUT2D eigenvalue weighted by Crippen LogP contribution is -2.48. The van der Waals surface area contributed by atoms with Gasteiger partial charge in [0.25, 0.3) is 0 Å². The van der Waals surface area contributed by atoms with E-state index < -0.39 is 12.1 Å². The maximum Gasteiger partial charge on any atom is 0.396 e. The second kappa shape index (κ2) is 7.79. The smallest absolute Gasteiger partial charge is 0.394 e. The normalized spacial score (nSPS) is 27.8. The second-order valence-electron chi connectivity index (χ2n) is 8.53. The minimum absolute atomic E-state index is 0.00955. The number of nitrogens with one attached hydrogen (secondary N) is 1. The highest BCUT2D eigenvalue weighted by Gasteiger charge is 2.42. The van der Waals surface area contributed by atoms with Crippen LogP contribution in [0.25, 0.3) is 11.0 Å². The number of halogens is 3. The molecule has 0 saturated carbocycles. The summed E-state index contributed by atoms with van der Waals surface area (Å²) in [7, 11) is 0. The van der Waals surface area contributed by atoms with Gasteiger partial charge in [0.15, 0.2) is 5.65 Å².